The van der Waals surface area contributed by atoms with Gasteiger partial charge in [-0.15, -0.1) is 0 Å². The normalized spacial score (nSPS) is 14.1. The molecule has 0 fully saturated rings. The number of nitrogens with one attached hydrogen (secondary N) is 1. The molecule has 1 aromatic rings. The summed E-state index contributed by atoms with van der Waals surface area (Å²) < 4.78 is 0. The Kier molecular flexibility index (Phi) is 5.70. The minimum atomic E-state index is -0.149. The summed E-state index contributed by atoms with van der Waals surface area (Å²) in [5.41, 5.74) is 1.02. The van der Waals surface area contributed by atoms with Crippen LogP contribution in [0, 0.1) is 0 Å². The first-order valence-electron chi connectivity index (χ1n) is 6.15. The second kappa shape index (κ2) is 7.07. The number of carbonyl (C=O) groups is 1. The van der Waals surface area contributed by atoms with E-state index in [-0.39, 0.29) is 24.5 Å². The third kappa shape index (κ3) is 4.19. The highest BCUT2D eigenvalue weighted by molar-refractivity contribution is 5.83. The zero-order valence-corrected chi connectivity index (χ0v) is 10.5. The molecule has 0 saturated heterocycles. The van der Waals surface area contributed by atoms with Crippen molar-refractivity contribution in [3.63, 3.8) is 0 Å². The van der Waals surface area contributed by atoms with Crippen molar-refractivity contribution in [3.8, 4) is 0 Å². The van der Waals surface area contributed by atoms with Crippen molar-refractivity contribution in [2.24, 2.45) is 0 Å². The number of aliphatic hydroxyl groups excluding tert-OH is 1. The molecule has 2 atom stereocenters. The first-order chi connectivity index (χ1) is 8.19. The molecule has 3 nitrogen and oxygen atoms in total. The summed E-state index contributed by atoms with van der Waals surface area (Å²) in [5, 5.41) is 11.9. The van der Waals surface area contributed by atoms with E-state index >= 15 is 0 Å². The minimum Gasteiger partial charge on any atom is -0.396 e. The van der Waals surface area contributed by atoms with Gasteiger partial charge in [-0.1, -0.05) is 37.3 Å². The minimum absolute atomic E-state index is 0.0245. The molecule has 3 heteroatoms. The van der Waals surface area contributed by atoms with E-state index in [2.05, 4.69) is 5.32 Å². The van der Waals surface area contributed by atoms with Gasteiger partial charge in [0.2, 0.25) is 5.91 Å². The van der Waals surface area contributed by atoms with Crippen LogP contribution in [0.1, 0.15) is 38.2 Å². The molecule has 0 aliphatic heterocycles. The number of carbonyl (C=O) groups excluding carboxylic acids is 1. The predicted octanol–water partition coefficient (Wildman–Crippen LogP) is 2.07. The number of aliphatic hydroxyl groups is 1. The molecule has 17 heavy (non-hydrogen) atoms. The van der Waals surface area contributed by atoms with Gasteiger partial charge in [-0.3, -0.25) is 4.79 Å². The van der Waals surface area contributed by atoms with Gasteiger partial charge in [-0.25, -0.2) is 0 Å². The van der Waals surface area contributed by atoms with Crippen LogP contribution >= 0.6 is 0 Å². The first kappa shape index (κ1) is 13.7. The molecule has 0 radical (unpaired) electrons. The van der Waals surface area contributed by atoms with E-state index in [1.807, 2.05) is 44.2 Å². The average molecular weight is 235 g/mol. The van der Waals surface area contributed by atoms with Crippen LogP contribution in [-0.2, 0) is 4.79 Å². The van der Waals surface area contributed by atoms with Crippen molar-refractivity contribution in [3.05, 3.63) is 35.9 Å². The van der Waals surface area contributed by atoms with Gasteiger partial charge in [-0.05, 0) is 25.3 Å². The van der Waals surface area contributed by atoms with Gasteiger partial charge in [0.05, 0.1) is 5.92 Å². The molecule has 0 saturated carbocycles. The summed E-state index contributed by atoms with van der Waals surface area (Å²) in [5.74, 6) is -0.125. The number of benzene rings is 1. The topological polar surface area (TPSA) is 49.3 Å². The maximum atomic E-state index is 12.0. The summed E-state index contributed by atoms with van der Waals surface area (Å²) in [6.45, 7) is 4.02. The molecule has 0 aromatic heterocycles. The molecule has 0 bridgehead atoms. The van der Waals surface area contributed by atoms with Crippen molar-refractivity contribution in [2.45, 2.75) is 38.6 Å². The summed E-state index contributed by atoms with van der Waals surface area (Å²) in [7, 11) is 0. The van der Waals surface area contributed by atoms with Crippen LogP contribution < -0.4 is 5.32 Å². The lowest BCUT2D eigenvalue weighted by Gasteiger charge is -2.19. The van der Waals surface area contributed by atoms with E-state index in [4.69, 9.17) is 5.11 Å². The quantitative estimate of drug-likeness (QED) is 0.793. The molecular weight excluding hydrogens is 214 g/mol. The maximum Gasteiger partial charge on any atom is 0.227 e. The molecule has 1 rings (SSSR count). The van der Waals surface area contributed by atoms with Crippen molar-refractivity contribution in [1.29, 1.82) is 0 Å². The van der Waals surface area contributed by atoms with Crippen LogP contribution in [0.5, 0.6) is 0 Å². The van der Waals surface area contributed by atoms with Crippen LogP contribution in [-0.4, -0.2) is 23.7 Å². The zero-order chi connectivity index (χ0) is 12.7. The number of hydrogen-bond donors (Lipinski definition) is 2. The Bertz CT molecular complexity index is 337. The van der Waals surface area contributed by atoms with Crippen LogP contribution in [0.15, 0.2) is 30.3 Å². The molecular formula is C14H21NO2. The Labute approximate surface area is 103 Å². The Balaban J connectivity index is 2.58. The Hall–Kier alpha value is -1.35. The van der Waals surface area contributed by atoms with Gasteiger partial charge in [-0.2, -0.15) is 0 Å². The monoisotopic (exact) mass is 235 g/mol. The molecule has 0 spiro atoms. The van der Waals surface area contributed by atoms with Gasteiger partial charge in [0.25, 0.3) is 0 Å². The van der Waals surface area contributed by atoms with Crippen LogP contribution in [0.3, 0.4) is 0 Å². The molecule has 0 aliphatic rings. The second-order valence-corrected chi connectivity index (χ2v) is 4.26. The zero-order valence-electron chi connectivity index (χ0n) is 10.5. The molecule has 2 unspecified atom stereocenters. The Morgan fingerprint density at radius 2 is 2.00 bits per heavy atom. The lowest BCUT2D eigenvalue weighted by molar-refractivity contribution is -0.123. The average Bonchev–Trinajstić information content (AvgIpc) is 2.38. The maximum absolute atomic E-state index is 12.0. The van der Waals surface area contributed by atoms with E-state index in [0.29, 0.717) is 6.42 Å². The molecule has 0 heterocycles. The van der Waals surface area contributed by atoms with E-state index in [1.165, 1.54) is 0 Å². The fourth-order valence-corrected chi connectivity index (χ4v) is 1.75. The second-order valence-electron chi connectivity index (χ2n) is 4.26. The summed E-state index contributed by atoms with van der Waals surface area (Å²) in [6.07, 6.45) is 1.46. The van der Waals surface area contributed by atoms with Gasteiger partial charge >= 0.3 is 0 Å². The fraction of sp³-hybridized carbons (Fsp3) is 0.500. The van der Waals surface area contributed by atoms with Crippen molar-refractivity contribution in [1.82, 2.24) is 5.32 Å². The lowest BCUT2D eigenvalue weighted by atomic mass is 9.99. The molecule has 1 amide bonds. The first-order valence-corrected chi connectivity index (χ1v) is 6.15. The standard InChI is InChI=1S/C14H21NO2/c1-3-13(9-10-16)15-14(17)11(2)12-7-5-4-6-8-12/h4-8,11,13,16H,3,9-10H2,1-2H3,(H,15,17). The van der Waals surface area contributed by atoms with Gasteiger partial charge < -0.3 is 10.4 Å². The third-order valence-corrected chi connectivity index (χ3v) is 3.01. The third-order valence-electron chi connectivity index (χ3n) is 3.01. The summed E-state index contributed by atoms with van der Waals surface area (Å²) in [6, 6.07) is 9.79. The van der Waals surface area contributed by atoms with Gasteiger partial charge in [0.15, 0.2) is 0 Å². The molecule has 2 N–H and O–H groups in total. The molecule has 94 valence electrons. The predicted molar refractivity (Wildman–Crippen MR) is 68.8 cm³/mol. The van der Waals surface area contributed by atoms with Crippen LogP contribution in [0.2, 0.25) is 0 Å². The Morgan fingerprint density at radius 1 is 1.35 bits per heavy atom. The van der Waals surface area contributed by atoms with Crippen molar-refractivity contribution in [2.75, 3.05) is 6.61 Å². The van der Waals surface area contributed by atoms with Crippen molar-refractivity contribution < 1.29 is 9.90 Å². The van der Waals surface area contributed by atoms with E-state index in [9.17, 15) is 4.79 Å². The molecule has 1 aromatic carbocycles. The largest absolute Gasteiger partial charge is 0.396 e. The SMILES string of the molecule is CCC(CCO)NC(=O)C(C)c1ccccc1. The van der Waals surface area contributed by atoms with E-state index in [1.54, 1.807) is 0 Å². The fourth-order valence-electron chi connectivity index (χ4n) is 1.75. The van der Waals surface area contributed by atoms with Crippen LogP contribution in [0.25, 0.3) is 0 Å². The summed E-state index contributed by atoms with van der Waals surface area (Å²) >= 11 is 0. The highest BCUT2D eigenvalue weighted by Crippen LogP contribution is 2.15. The summed E-state index contributed by atoms with van der Waals surface area (Å²) in [4.78, 5) is 12.0. The van der Waals surface area contributed by atoms with Crippen LogP contribution in [0.4, 0.5) is 0 Å². The van der Waals surface area contributed by atoms with E-state index < -0.39 is 0 Å². The number of rotatable bonds is 6. The van der Waals surface area contributed by atoms with Gasteiger partial charge in [0.1, 0.15) is 0 Å². The number of hydrogen-bond acceptors (Lipinski definition) is 2. The molecule has 0 aliphatic carbocycles. The van der Waals surface area contributed by atoms with Gasteiger partial charge in [0, 0.05) is 12.6 Å². The Morgan fingerprint density at radius 3 is 2.53 bits per heavy atom. The lowest BCUT2D eigenvalue weighted by Crippen LogP contribution is -2.37. The van der Waals surface area contributed by atoms with E-state index in [0.717, 1.165) is 12.0 Å². The highest BCUT2D eigenvalue weighted by atomic mass is 16.3. The highest BCUT2D eigenvalue weighted by Gasteiger charge is 2.17. The smallest absolute Gasteiger partial charge is 0.227 e. The van der Waals surface area contributed by atoms with Crippen molar-refractivity contribution >= 4 is 5.91 Å². The number of amides is 1.